The summed E-state index contributed by atoms with van der Waals surface area (Å²) in [5.74, 6) is 0.333. The Bertz CT molecular complexity index is 870. The minimum absolute atomic E-state index is 0.287. The molecule has 1 fully saturated rings. The van der Waals surface area contributed by atoms with Crippen LogP contribution in [0.1, 0.15) is 53.4 Å². The third-order valence-corrected chi connectivity index (χ3v) is 3.98. The summed E-state index contributed by atoms with van der Waals surface area (Å²) in [6, 6.07) is 9.21. The third-order valence-electron chi connectivity index (χ3n) is 3.98. The van der Waals surface area contributed by atoms with E-state index in [9.17, 15) is 13.2 Å². The molecule has 1 aliphatic rings. The van der Waals surface area contributed by atoms with E-state index in [1.807, 2.05) is 27.7 Å². The van der Waals surface area contributed by atoms with Crippen LogP contribution < -0.4 is 10.1 Å². The number of alkyl halides is 3. The zero-order valence-corrected chi connectivity index (χ0v) is 18.3. The molecule has 8 heteroatoms. The van der Waals surface area contributed by atoms with E-state index in [1.54, 1.807) is 36.0 Å². The van der Waals surface area contributed by atoms with E-state index in [0.717, 1.165) is 0 Å². The third kappa shape index (κ3) is 7.57. The average Bonchev–Trinajstić information content (AvgIpc) is 3.12. The molecule has 0 radical (unpaired) electrons. The summed E-state index contributed by atoms with van der Waals surface area (Å²) in [7, 11) is 1.72. The summed E-state index contributed by atoms with van der Waals surface area (Å²) in [5, 5.41) is 7.21. The molecule has 1 aromatic carbocycles. The maximum absolute atomic E-state index is 12.3. The molecule has 0 bridgehead atoms. The van der Waals surface area contributed by atoms with Gasteiger partial charge < -0.3 is 10.1 Å². The van der Waals surface area contributed by atoms with E-state index in [0.29, 0.717) is 22.7 Å². The number of aromatic nitrogens is 3. The first-order valence-electron chi connectivity index (χ1n) is 10.3. The highest BCUT2D eigenvalue weighted by atomic mass is 19.4. The lowest BCUT2D eigenvalue weighted by Crippen LogP contribution is -2.17. The Kier molecular flexibility index (Phi) is 10.7. The van der Waals surface area contributed by atoms with Crippen LogP contribution >= 0.6 is 0 Å². The highest BCUT2D eigenvalue weighted by Crippen LogP contribution is 2.28. The van der Waals surface area contributed by atoms with E-state index in [1.165, 1.54) is 43.9 Å². The molecule has 30 heavy (non-hydrogen) atoms. The second kappa shape index (κ2) is 12.7. The minimum Gasteiger partial charge on any atom is -0.406 e. The van der Waals surface area contributed by atoms with Crippen LogP contribution in [-0.4, -0.2) is 28.0 Å². The number of nitrogens with one attached hydrogen (secondary N) is 1. The van der Waals surface area contributed by atoms with Crippen LogP contribution in [0.25, 0.3) is 16.9 Å². The minimum atomic E-state index is -4.73. The van der Waals surface area contributed by atoms with Crippen molar-refractivity contribution in [3.05, 3.63) is 42.6 Å². The summed E-state index contributed by atoms with van der Waals surface area (Å²) in [4.78, 5) is 4.18. The second-order valence-corrected chi connectivity index (χ2v) is 5.87. The number of hydrogen-bond donors (Lipinski definition) is 1. The van der Waals surface area contributed by atoms with Crippen LogP contribution in [-0.2, 0) is 0 Å². The summed E-state index contributed by atoms with van der Waals surface area (Å²) in [6.07, 6.45) is 2.82. The smallest absolute Gasteiger partial charge is 0.406 e. The van der Waals surface area contributed by atoms with Gasteiger partial charge >= 0.3 is 6.36 Å². The summed E-state index contributed by atoms with van der Waals surface area (Å²) in [6.45, 7) is 8.00. The molecular formula is C22H31F3N4O. The predicted octanol–water partition coefficient (Wildman–Crippen LogP) is 6.95. The van der Waals surface area contributed by atoms with Crippen molar-refractivity contribution in [3.63, 3.8) is 0 Å². The fraction of sp³-hybridized carbons (Fsp3) is 0.455. The highest BCUT2D eigenvalue weighted by molar-refractivity contribution is 5.65. The molecule has 0 unspecified atom stereocenters. The van der Waals surface area contributed by atoms with Crippen LogP contribution in [0.4, 0.5) is 19.0 Å². The Morgan fingerprint density at radius 1 is 0.967 bits per heavy atom. The molecule has 1 N–H and O–H groups in total. The Morgan fingerprint density at radius 3 is 2.13 bits per heavy atom. The highest BCUT2D eigenvalue weighted by Gasteiger charge is 2.31. The van der Waals surface area contributed by atoms with E-state index >= 15 is 0 Å². The van der Waals surface area contributed by atoms with Crippen molar-refractivity contribution in [2.45, 2.75) is 59.7 Å². The van der Waals surface area contributed by atoms with Crippen molar-refractivity contribution in [2.75, 3.05) is 12.4 Å². The van der Waals surface area contributed by atoms with Crippen LogP contribution in [0.5, 0.6) is 5.75 Å². The standard InChI is InChI=1S/C14H11F3N4O.C4H8.2C2H6/c1-18-12-5-6-13-19-8-11(21(13)20-12)9-3-2-4-10(7-9)22-14(15,16)17;1-2-4-3-1;2*1-2/h2-8H,1H3,(H,18,20);1-4H2;2*1-2H3. The topological polar surface area (TPSA) is 51.5 Å². The number of hydrogen-bond acceptors (Lipinski definition) is 4. The largest absolute Gasteiger partial charge is 0.573 e. The Labute approximate surface area is 176 Å². The number of fused-ring (bicyclic) bond motifs is 1. The lowest BCUT2D eigenvalue weighted by Gasteiger charge is -2.10. The van der Waals surface area contributed by atoms with Gasteiger partial charge in [-0.2, -0.15) is 0 Å². The Hall–Kier alpha value is -2.77. The molecule has 2 aromatic heterocycles. The Morgan fingerprint density at radius 2 is 1.60 bits per heavy atom. The first kappa shape index (κ1) is 25.3. The molecule has 5 nitrogen and oxygen atoms in total. The second-order valence-electron chi connectivity index (χ2n) is 5.87. The monoisotopic (exact) mass is 424 g/mol. The molecular weight excluding hydrogens is 393 g/mol. The molecule has 4 rings (SSSR count). The van der Waals surface area contributed by atoms with Crippen molar-refractivity contribution in [1.82, 2.24) is 14.6 Å². The number of nitrogens with zero attached hydrogens (tertiary/aromatic N) is 3. The van der Waals surface area contributed by atoms with Crippen molar-refractivity contribution in [1.29, 1.82) is 0 Å². The molecule has 1 saturated carbocycles. The van der Waals surface area contributed by atoms with Crippen molar-refractivity contribution in [3.8, 4) is 17.0 Å². The van der Waals surface area contributed by atoms with Gasteiger partial charge in [-0.05, 0) is 24.3 Å². The van der Waals surface area contributed by atoms with Crippen LogP contribution in [0.2, 0.25) is 0 Å². The molecule has 0 amide bonds. The van der Waals surface area contributed by atoms with Crippen molar-refractivity contribution in [2.24, 2.45) is 0 Å². The lowest BCUT2D eigenvalue weighted by molar-refractivity contribution is -0.274. The maximum Gasteiger partial charge on any atom is 0.573 e. The van der Waals surface area contributed by atoms with Gasteiger partial charge in [0.05, 0.1) is 11.9 Å². The number of benzene rings is 1. The number of rotatable bonds is 3. The fourth-order valence-electron chi connectivity index (χ4n) is 2.31. The van der Waals surface area contributed by atoms with E-state index < -0.39 is 6.36 Å². The van der Waals surface area contributed by atoms with Gasteiger partial charge in [-0.25, -0.2) is 9.50 Å². The number of anilines is 1. The maximum atomic E-state index is 12.3. The zero-order chi connectivity index (χ0) is 22.6. The summed E-state index contributed by atoms with van der Waals surface area (Å²) < 4.78 is 42.4. The molecule has 1 aliphatic carbocycles. The van der Waals surface area contributed by atoms with Gasteiger partial charge in [0, 0.05) is 12.6 Å². The molecule has 2 heterocycles. The van der Waals surface area contributed by atoms with Gasteiger partial charge in [-0.15, -0.1) is 18.3 Å². The molecule has 0 aliphatic heterocycles. The quantitative estimate of drug-likeness (QED) is 0.494. The number of ether oxygens (including phenoxy) is 1. The lowest BCUT2D eigenvalue weighted by atomic mass is 10.0. The molecule has 0 atom stereocenters. The average molecular weight is 425 g/mol. The van der Waals surface area contributed by atoms with E-state index in [2.05, 4.69) is 20.1 Å². The van der Waals surface area contributed by atoms with Gasteiger partial charge in [-0.3, -0.25) is 0 Å². The Balaban J connectivity index is 0.000000484. The number of halogens is 3. The van der Waals surface area contributed by atoms with Crippen molar-refractivity contribution < 1.29 is 17.9 Å². The zero-order valence-electron chi connectivity index (χ0n) is 18.3. The molecule has 0 spiro atoms. The first-order valence-corrected chi connectivity index (χ1v) is 10.3. The van der Waals surface area contributed by atoms with Crippen molar-refractivity contribution >= 4 is 11.5 Å². The SMILES string of the molecule is C1CCC1.CC.CC.CNc1ccc2ncc(-c3cccc(OC(F)(F)F)c3)n2n1. The van der Waals surface area contributed by atoms with E-state index in [-0.39, 0.29) is 5.75 Å². The molecule has 166 valence electrons. The van der Waals surface area contributed by atoms with Gasteiger partial charge in [0.2, 0.25) is 0 Å². The van der Waals surface area contributed by atoms with Crippen LogP contribution in [0, 0.1) is 0 Å². The predicted molar refractivity (Wildman–Crippen MR) is 116 cm³/mol. The molecule has 3 aromatic rings. The van der Waals surface area contributed by atoms with E-state index in [4.69, 9.17) is 0 Å². The van der Waals surface area contributed by atoms with Gasteiger partial charge in [0.25, 0.3) is 0 Å². The molecule has 0 saturated heterocycles. The summed E-state index contributed by atoms with van der Waals surface area (Å²) in [5.41, 5.74) is 1.69. The normalized spacial score (nSPS) is 12.1. The van der Waals surface area contributed by atoms with Crippen LogP contribution in [0.15, 0.2) is 42.6 Å². The first-order chi connectivity index (χ1) is 14.5. The fourth-order valence-corrected chi connectivity index (χ4v) is 2.31. The van der Waals surface area contributed by atoms with Gasteiger partial charge in [0.1, 0.15) is 11.6 Å². The summed E-state index contributed by atoms with van der Waals surface area (Å²) >= 11 is 0. The van der Waals surface area contributed by atoms with Gasteiger partial charge in [0.15, 0.2) is 5.65 Å². The van der Waals surface area contributed by atoms with Gasteiger partial charge in [-0.1, -0.05) is 65.5 Å². The number of imidazole rings is 1. The van der Waals surface area contributed by atoms with Crippen LogP contribution in [0.3, 0.4) is 0 Å².